The molecule has 2 nitrogen and oxygen atoms in total. The average molecular weight is 382 g/mol. The third-order valence-electron chi connectivity index (χ3n) is 5.70. The van der Waals surface area contributed by atoms with Crippen LogP contribution in [0.4, 0.5) is 0 Å². The summed E-state index contributed by atoms with van der Waals surface area (Å²) in [4.78, 5) is 9.64. The van der Waals surface area contributed by atoms with Crippen LogP contribution in [0.1, 0.15) is 0 Å². The van der Waals surface area contributed by atoms with Gasteiger partial charge in [-0.15, -0.1) is 0 Å². The first-order valence-electron chi connectivity index (χ1n) is 10.1. The Bertz CT molecular complexity index is 1520. The molecule has 0 radical (unpaired) electrons. The zero-order valence-electron chi connectivity index (χ0n) is 16.3. The van der Waals surface area contributed by atoms with Crippen molar-refractivity contribution in [2.24, 2.45) is 0 Å². The number of hydrogen-bond acceptors (Lipinski definition) is 2. The quantitative estimate of drug-likeness (QED) is 0.232. The van der Waals surface area contributed by atoms with Gasteiger partial charge in [0, 0.05) is 27.9 Å². The molecule has 0 aliphatic carbocycles. The highest BCUT2D eigenvalue weighted by Gasteiger charge is 2.13. The Morgan fingerprint density at radius 2 is 1.20 bits per heavy atom. The third kappa shape index (κ3) is 2.66. The monoisotopic (exact) mass is 382 g/mol. The molecule has 0 aliphatic rings. The number of para-hydroxylation sites is 1. The summed E-state index contributed by atoms with van der Waals surface area (Å²) in [6.45, 7) is 0. The van der Waals surface area contributed by atoms with Gasteiger partial charge in [-0.25, -0.2) is 4.98 Å². The molecule has 6 rings (SSSR count). The van der Waals surface area contributed by atoms with E-state index >= 15 is 0 Å². The molecular formula is C28H18N2. The Morgan fingerprint density at radius 1 is 0.467 bits per heavy atom. The minimum atomic E-state index is 0.947. The van der Waals surface area contributed by atoms with Gasteiger partial charge in [-0.05, 0) is 28.8 Å². The lowest BCUT2D eigenvalue weighted by Gasteiger charge is -2.13. The number of pyridine rings is 2. The van der Waals surface area contributed by atoms with Gasteiger partial charge in [0.15, 0.2) is 0 Å². The van der Waals surface area contributed by atoms with E-state index in [0.717, 1.165) is 32.7 Å². The summed E-state index contributed by atoms with van der Waals surface area (Å²) in [5.41, 5.74) is 7.73. The smallest absolute Gasteiger partial charge is 0.0978 e. The lowest BCUT2D eigenvalue weighted by molar-refractivity contribution is 1.40. The highest BCUT2D eigenvalue weighted by atomic mass is 14.7. The fourth-order valence-electron chi connectivity index (χ4n) is 4.26. The zero-order chi connectivity index (χ0) is 19.9. The van der Waals surface area contributed by atoms with E-state index in [-0.39, 0.29) is 0 Å². The van der Waals surface area contributed by atoms with Crippen molar-refractivity contribution in [1.82, 2.24) is 9.97 Å². The van der Waals surface area contributed by atoms with E-state index in [1.165, 1.54) is 22.3 Å². The van der Waals surface area contributed by atoms with Gasteiger partial charge in [-0.1, -0.05) is 91.0 Å². The Hall–Kier alpha value is -4.04. The predicted octanol–water partition coefficient (Wildman–Crippen LogP) is 7.27. The van der Waals surface area contributed by atoms with Gasteiger partial charge in [-0.3, -0.25) is 4.98 Å². The second-order valence-corrected chi connectivity index (χ2v) is 7.48. The number of fused-ring (bicyclic) bond motifs is 4. The lowest BCUT2D eigenvalue weighted by atomic mass is 9.94. The summed E-state index contributed by atoms with van der Waals surface area (Å²) >= 11 is 0. The molecule has 0 saturated heterocycles. The molecule has 0 fully saturated rings. The topological polar surface area (TPSA) is 25.8 Å². The summed E-state index contributed by atoms with van der Waals surface area (Å²) in [6, 6.07) is 36.1. The van der Waals surface area contributed by atoms with Crippen LogP contribution in [0.2, 0.25) is 0 Å². The normalized spacial score (nSPS) is 11.3. The second kappa shape index (κ2) is 6.78. The highest BCUT2D eigenvalue weighted by Crippen LogP contribution is 2.37. The van der Waals surface area contributed by atoms with Crippen LogP contribution in [0.3, 0.4) is 0 Å². The number of nitrogens with zero attached hydrogens (tertiary/aromatic N) is 2. The maximum absolute atomic E-state index is 4.99. The largest absolute Gasteiger partial charge is 0.254 e. The summed E-state index contributed by atoms with van der Waals surface area (Å²) in [5.74, 6) is 0. The van der Waals surface area contributed by atoms with Crippen molar-refractivity contribution in [3.05, 3.63) is 109 Å². The molecule has 0 N–H and O–H groups in total. The van der Waals surface area contributed by atoms with E-state index in [1.807, 2.05) is 24.4 Å². The zero-order valence-corrected chi connectivity index (χ0v) is 16.3. The number of aromatic nitrogens is 2. The first-order valence-corrected chi connectivity index (χ1v) is 10.1. The molecule has 0 amide bonds. The molecule has 2 heteroatoms. The van der Waals surface area contributed by atoms with Gasteiger partial charge in [0.05, 0.1) is 16.6 Å². The molecule has 6 aromatic rings. The van der Waals surface area contributed by atoms with E-state index in [9.17, 15) is 0 Å². The van der Waals surface area contributed by atoms with Crippen LogP contribution in [-0.2, 0) is 0 Å². The van der Waals surface area contributed by atoms with Gasteiger partial charge in [0.25, 0.3) is 0 Å². The van der Waals surface area contributed by atoms with Gasteiger partial charge >= 0.3 is 0 Å². The predicted molar refractivity (Wildman–Crippen MR) is 125 cm³/mol. The SMILES string of the molecule is c1ccc(-c2ccc(-c3c4ccccc4nc4c3ccc3cccnc34)cc2)cc1. The Kier molecular flexibility index (Phi) is 3.82. The number of rotatable bonds is 2. The van der Waals surface area contributed by atoms with Crippen LogP contribution in [0.25, 0.3) is 55.0 Å². The van der Waals surface area contributed by atoms with Crippen molar-refractivity contribution in [2.75, 3.05) is 0 Å². The van der Waals surface area contributed by atoms with Crippen molar-refractivity contribution in [3.8, 4) is 22.3 Å². The molecule has 0 aliphatic heterocycles. The van der Waals surface area contributed by atoms with Crippen molar-refractivity contribution in [3.63, 3.8) is 0 Å². The average Bonchev–Trinajstić information content (AvgIpc) is 2.83. The second-order valence-electron chi connectivity index (χ2n) is 7.48. The molecule has 140 valence electrons. The molecule has 0 saturated carbocycles. The fourth-order valence-corrected chi connectivity index (χ4v) is 4.26. The summed E-state index contributed by atoms with van der Waals surface area (Å²) in [6.07, 6.45) is 1.84. The summed E-state index contributed by atoms with van der Waals surface area (Å²) in [5, 5.41) is 3.40. The minimum Gasteiger partial charge on any atom is -0.254 e. The first-order chi connectivity index (χ1) is 14.9. The van der Waals surface area contributed by atoms with E-state index in [1.54, 1.807) is 0 Å². The van der Waals surface area contributed by atoms with Crippen LogP contribution >= 0.6 is 0 Å². The lowest BCUT2D eigenvalue weighted by Crippen LogP contribution is -1.91. The van der Waals surface area contributed by atoms with Crippen molar-refractivity contribution < 1.29 is 0 Å². The maximum atomic E-state index is 4.99. The molecule has 0 atom stereocenters. The molecule has 0 unspecified atom stereocenters. The van der Waals surface area contributed by atoms with Gasteiger partial charge in [-0.2, -0.15) is 0 Å². The highest BCUT2D eigenvalue weighted by molar-refractivity contribution is 6.15. The molecule has 30 heavy (non-hydrogen) atoms. The molecular weight excluding hydrogens is 364 g/mol. The van der Waals surface area contributed by atoms with E-state index < -0.39 is 0 Å². The first kappa shape index (κ1) is 16.9. The molecule has 2 heterocycles. The van der Waals surface area contributed by atoms with Gasteiger partial charge < -0.3 is 0 Å². The Balaban J connectivity index is 1.65. The molecule has 2 aromatic heterocycles. The van der Waals surface area contributed by atoms with Crippen molar-refractivity contribution in [1.29, 1.82) is 0 Å². The summed E-state index contributed by atoms with van der Waals surface area (Å²) in [7, 11) is 0. The van der Waals surface area contributed by atoms with E-state index in [2.05, 4.69) is 89.9 Å². The van der Waals surface area contributed by atoms with Crippen LogP contribution in [0.5, 0.6) is 0 Å². The minimum absolute atomic E-state index is 0.947. The Labute approximate surface area is 174 Å². The van der Waals surface area contributed by atoms with E-state index in [4.69, 9.17) is 4.98 Å². The fraction of sp³-hybridized carbons (Fsp3) is 0. The molecule has 0 bridgehead atoms. The number of hydrogen-bond donors (Lipinski definition) is 0. The molecule has 4 aromatic carbocycles. The van der Waals surface area contributed by atoms with Gasteiger partial charge in [0.1, 0.15) is 0 Å². The molecule has 0 spiro atoms. The van der Waals surface area contributed by atoms with Gasteiger partial charge in [0.2, 0.25) is 0 Å². The Morgan fingerprint density at radius 3 is 2.07 bits per heavy atom. The van der Waals surface area contributed by atoms with E-state index in [0.29, 0.717) is 0 Å². The van der Waals surface area contributed by atoms with Crippen LogP contribution < -0.4 is 0 Å². The number of benzene rings is 4. The van der Waals surface area contributed by atoms with Crippen LogP contribution in [0, 0.1) is 0 Å². The standard InChI is InChI=1S/C28H18N2/c1-2-7-19(8-3-1)20-12-14-21(15-13-20)26-23-10-4-5-11-25(23)30-28-24(26)17-16-22-9-6-18-29-27(22)28/h1-18H. The van der Waals surface area contributed by atoms with Crippen molar-refractivity contribution in [2.45, 2.75) is 0 Å². The van der Waals surface area contributed by atoms with Crippen LogP contribution in [-0.4, -0.2) is 9.97 Å². The maximum Gasteiger partial charge on any atom is 0.0978 e. The summed E-state index contributed by atoms with van der Waals surface area (Å²) < 4.78 is 0. The van der Waals surface area contributed by atoms with Crippen molar-refractivity contribution >= 4 is 32.7 Å². The van der Waals surface area contributed by atoms with Crippen LogP contribution in [0.15, 0.2) is 109 Å². The third-order valence-corrected chi connectivity index (χ3v) is 5.70.